The minimum atomic E-state index is 0.256. The molecule has 0 radical (unpaired) electrons. The average Bonchev–Trinajstić information content (AvgIpc) is 3.13. The van der Waals surface area contributed by atoms with Gasteiger partial charge in [-0.1, -0.05) is 65.6 Å². The molecule has 0 atom stereocenters. The van der Waals surface area contributed by atoms with E-state index >= 15 is 0 Å². The number of nitrogens with one attached hydrogen (secondary N) is 3. The van der Waals surface area contributed by atoms with Gasteiger partial charge in [0.2, 0.25) is 12.1 Å². The third kappa shape index (κ3) is 2.84. The molecule has 0 aliphatic carbocycles. The summed E-state index contributed by atoms with van der Waals surface area (Å²) in [5.74, 6) is 1.15. The van der Waals surface area contributed by atoms with Crippen molar-refractivity contribution >= 4 is 17.0 Å². The molecule has 5 heteroatoms. The minimum absolute atomic E-state index is 0.256. The van der Waals surface area contributed by atoms with Crippen molar-refractivity contribution in [3.8, 4) is 0 Å². The van der Waals surface area contributed by atoms with Gasteiger partial charge in [-0.2, -0.15) is 0 Å². The van der Waals surface area contributed by atoms with Gasteiger partial charge in [0, 0.05) is 5.92 Å². The molecular formula is C19H18N5+. The number of hydrogen-bond donors (Lipinski definition) is 2. The second-order valence-corrected chi connectivity index (χ2v) is 5.63. The molecular weight excluding hydrogens is 298 g/mol. The monoisotopic (exact) mass is 316 g/mol. The Balaban J connectivity index is 1.64. The smallest absolute Gasteiger partial charge is 0.260 e. The fourth-order valence-corrected chi connectivity index (χ4v) is 2.94. The zero-order valence-electron chi connectivity index (χ0n) is 13.1. The summed E-state index contributed by atoms with van der Waals surface area (Å²) < 4.78 is 0. The number of benzene rings is 2. The lowest BCUT2D eigenvalue weighted by Gasteiger charge is -2.17. The van der Waals surface area contributed by atoms with Crippen LogP contribution >= 0.6 is 0 Å². The number of fused-ring (bicyclic) bond motifs is 1. The molecule has 0 spiro atoms. The fraction of sp³-hybridized carbons (Fsp3) is 0.105. The van der Waals surface area contributed by atoms with E-state index in [-0.39, 0.29) is 5.92 Å². The van der Waals surface area contributed by atoms with Crippen molar-refractivity contribution in [3.05, 3.63) is 84.4 Å². The Morgan fingerprint density at radius 3 is 2.25 bits per heavy atom. The van der Waals surface area contributed by atoms with Crippen LogP contribution in [0.4, 0.5) is 5.82 Å². The number of anilines is 1. The molecule has 118 valence electrons. The van der Waals surface area contributed by atoms with Crippen molar-refractivity contribution in [2.24, 2.45) is 0 Å². The number of rotatable bonds is 5. The van der Waals surface area contributed by atoms with Crippen LogP contribution in [0.3, 0.4) is 0 Å². The highest BCUT2D eigenvalue weighted by Gasteiger charge is 2.17. The zero-order valence-corrected chi connectivity index (χ0v) is 13.1. The molecule has 0 fully saturated rings. The SMILES string of the molecule is c1ccc(C(CNc2[nH+]cnc3nc[nH]c23)c2ccccc2)cc1. The molecule has 0 unspecified atom stereocenters. The van der Waals surface area contributed by atoms with E-state index in [1.54, 1.807) is 12.7 Å². The van der Waals surface area contributed by atoms with Crippen LogP contribution in [0.1, 0.15) is 17.0 Å². The molecule has 2 aromatic carbocycles. The Labute approximate surface area is 139 Å². The first-order valence-corrected chi connectivity index (χ1v) is 7.95. The predicted molar refractivity (Wildman–Crippen MR) is 93.7 cm³/mol. The Kier molecular flexibility index (Phi) is 3.90. The quantitative estimate of drug-likeness (QED) is 0.595. The Morgan fingerprint density at radius 1 is 0.917 bits per heavy atom. The molecule has 2 aromatic heterocycles. The summed E-state index contributed by atoms with van der Waals surface area (Å²) in [6, 6.07) is 21.1. The van der Waals surface area contributed by atoms with Gasteiger partial charge < -0.3 is 10.3 Å². The van der Waals surface area contributed by atoms with Crippen LogP contribution in [-0.4, -0.2) is 21.5 Å². The molecule has 0 saturated carbocycles. The van der Waals surface area contributed by atoms with Crippen molar-refractivity contribution in [2.75, 3.05) is 11.9 Å². The first-order chi connectivity index (χ1) is 11.9. The summed E-state index contributed by atoms with van der Waals surface area (Å²) in [7, 11) is 0. The predicted octanol–water partition coefficient (Wildman–Crippen LogP) is 3.02. The highest BCUT2D eigenvalue weighted by molar-refractivity contribution is 5.79. The highest BCUT2D eigenvalue weighted by atomic mass is 15.1. The van der Waals surface area contributed by atoms with Crippen LogP contribution in [0, 0.1) is 0 Å². The van der Waals surface area contributed by atoms with E-state index in [2.05, 4.69) is 73.8 Å². The van der Waals surface area contributed by atoms with Crippen molar-refractivity contribution in [2.45, 2.75) is 5.92 Å². The second-order valence-electron chi connectivity index (χ2n) is 5.63. The molecule has 4 rings (SSSR count). The Hall–Kier alpha value is -3.21. The van der Waals surface area contributed by atoms with Gasteiger partial charge in [-0.25, -0.2) is 9.97 Å². The average molecular weight is 316 g/mol. The number of imidazole rings is 1. The van der Waals surface area contributed by atoms with Crippen molar-refractivity contribution in [3.63, 3.8) is 0 Å². The standard InChI is InChI=1S/C19H17N5/c1-3-7-14(8-4-1)16(15-9-5-2-6-10-15)11-20-18-17-19(22-12-21-17)24-13-23-18/h1-10,12-13,16H,11H2,(H2,20,21,22,23,24)/p+1. The molecule has 3 N–H and O–H groups in total. The van der Waals surface area contributed by atoms with E-state index in [4.69, 9.17) is 0 Å². The third-order valence-corrected chi connectivity index (χ3v) is 4.15. The van der Waals surface area contributed by atoms with E-state index in [9.17, 15) is 0 Å². The summed E-state index contributed by atoms with van der Waals surface area (Å²) in [4.78, 5) is 14.7. The Bertz CT molecular complexity index is 879. The van der Waals surface area contributed by atoms with Crippen LogP contribution in [0.5, 0.6) is 0 Å². The summed E-state index contributed by atoms with van der Waals surface area (Å²) in [6.45, 7) is 0.767. The van der Waals surface area contributed by atoms with E-state index in [1.165, 1.54) is 11.1 Å². The summed E-state index contributed by atoms with van der Waals surface area (Å²) in [5, 5.41) is 3.50. The number of hydrogen-bond acceptors (Lipinski definition) is 3. The van der Waals surface area contributed by atoms with Gasteiger partial charge in [0.05, 0.1) is 12.9 Å². The number of aromatic amines is 2. The van der Waals surface area contributed by atoms with E-state index < -0.39 is 0 Å². The van der Waals surface area contributed by atoms with Crippen molar-refractivity contribution in [1.29, 1.82) is 0 Å². The lowest BCUT2D eigenvalue weighted by molar-refractivity contribution is -0.364. The maximum atomic E-state index is 4.21. The van der Waals surface area contributed by atoms with Crippen molar-refractivity contribution in [1.82, 2.24) is 15.0 Å². The topological polar surface area (TPSA) is 67.7 Å². The highest BCUT2D eigenvalue weighted by Crippen LogP contribution is 2.25. The number of nitrogens with zero attached hydrogens (tertiary/aromatic N) is 2. The molecule has 0 amide bonds. The lowest BCUT2D eigenvalue weighted by atomic mass is 9.91. The molecule has 4 aromatic rings. The third-order valence-electron chi connectivity index (χ3n) is 4.15. The van der Waals surface area contributed by atoms with Gasteiger partial charge in [0.15, 0.2) is 5.52 Å². The van der Waals surface area contributed by atoms with Crippen LogP contribution in [0.25, 0.3) is 11.2 Å². The molecule has 0 bridgehead atoms. The van der Waals surface area contributed by atoms with Crippen LogP contribution in [-0.2, 0) is 0 Å². The second kappa shape index (κ2) is 6.50. The molecule has 0 saturated heterocycles. The van der Waals surface area contributed by atoms with E-state index in [1.807, 2.05) is 12.1 Å². The van der Waals surface area contributed by atoms with E-state index in [0.717, 1.165) is 17.9 Å². The zero-order chi connectivity index (χ0) is 16.2. The van der Waals surface area contributed by atoms with Gasteiger partial charge in [-0.05, 0) is 11.1 Å². The molecule has 0 aliphatic heterocycles. The largest absolute Gasteiger partial charge is 0.336 e. The van der Waals surface area contributed by atoms with Gasteiger partial charge in [0.1, 0.15) is 0 Å². The number of aromatic nitrogens is 4. The van der Waals surface area contributed by atoms with Crippen LogP contribution < -0.4 is 10.3 Å². The summed E-state index contributed by atoms with van der Waals surface area (Å²) in [6.07, 6.45) is 3.31. The normalized spacial score (nSPS) is 11.0. The molecule has 0 aliphatic rings. The first-order valence-electron chi connectivity index (χ1n) is 7.95. The minimum Gasteiger partial charge on any atom is -0.336 e. The van der Waals surface area contributed by atoms with Gasteiger partial charge in [0.25, 0.3) is 5.65 Å². The van der Waals surface area contributed by atoms with Crippen molar-refractivity contribution < 1.29 is 4.98 Å². The van der Waals surface area contributed by atoms with Crippen LogP contribution in [0.2, 0.25) is 0 Å². The molecule has 24 heavy (non-hydrogen) atoms. The van der Waals surface area contributed by atoms with Gasteiger partial charge >= 0.3 is 0 Å². The van der Waals surface area contributed by atoms with Crippen LogP contribution in [0.15, 0.2) is 73.3 Å². The maximum Gasteiger partial charge on any atom is 0.260 e. The molecule has 2 heterocycles. The molecule has 5 nitrogen and oxygen atoms in total. The maximum absolute atomic E-state index is 4.21. The van der Waals surface area contributed by atoms with Gasteiger partial charge in [-0.15, -0.1) is 0 Å². The number of H-pyrrole nitrogens is 2. The Morgan fingerprint density at radius 2 is 1.58 bits per heavy atom. The summed E-state index contributed by atoms with van der Waals surface area (Å²) >= 11 is 0. The first kappa shape index (κ1) is 14.4. The summed E-state index contributed by atoms with van der Waals surface area (Å²) in [5.41, 5.74) is 4.15. The van der Waals surface area contributed by atoms with Gasteiger partial charge in [-0.3, -0.25) is 0 Å². The van der Waals surface area contributed by atoms with E-state index in [0.29, 0.717) is 5.65 Å². The fourth-order valence-electron chi connectivity index (χ4n) is 2.94. The lowest BCUT2D eigenvalue weighted by Crippen LogP contribution is -2.20.